The zero-order chi connectivity index (χ0) is 15.9. The molecule has 0 aliphatic carbocycles. The Morgan fingerprint density at radius 2 is 1.95 bits per heavy atom. The average Bonchev–Trinajstić information content (AvgIpc) is 2.50. The monoisotopic (exact) mass is 320 g/mol. The van der Waals surface area contributed by atoms with Gasteiger partial charge in [0.1, 0.15) is 11.8 Å². The Balaban J connectivity index is 1.89. The zero-order valence-electron chi connectivity index (χ0n) is 12.2. The molecule has 3 N–H and O–H groups in total. The number of anilines is 1. The van der Waals surface area contributed by atoms with Gasteiger partial charge in [0.2, 0.25) is 17.7 Å². The number of hydrogen-bond donors (Lipinski definition) is 2. The van der Waals surface area contributed by atoms with Crippen molar-refractivity contribution in [1.29, 1.82) is 0 Å². The van der Waals surface area contributed by atoms with Crippen LogP contribution in [0.25, 0.3) is 0 Å². The molecule has 0 fully saturated rings. The summed E-state index contributed by atoms with van der Waals surface area (Å²) in [6, 6.07) is 9.25. The summed E-state index contributed by atoms with van der Waals surface area (Å²) in [5.74, 6) is 0.437. The maximum atomic E-state index is 11.2. The van der Waals surface area contributed by atoms with Gasteiger partial charge in [0.25, 0.3) is 0 Å². The van der Waals surface area contributed by atoms with Gasteiger partial charge >= 0.3 is 0 Å². The topological polar surface area (TPSA) is 90.1 Å². The van der Waals surface area contributed by atoms with Crippen LogP contribution in [0.2, 0.25) is 5.15 Å². The Morgan fingerprint density at radius 3 is 2.59 bits per heavy atom. The first-order chi connectivity index (χ1) is 10.6. The van der Waals surface area contributed by atoms with Crippen molar-refractivity contribution in [3.05, 3.63) is 46.6 Å². The molecule has 0 atom stereocenters. The largest absolute Gasteiger partial charge is 0.473 e. The van der Waals surface area contributed by atoms with Crippen molar-refractivity contribution in [2.24, 2.45) is 0 Å². The number of hydrogen-bond acceptors (Lipinski definition) is 5. The number of ether oxygens (including phenoxy) is 1. The van der Waals surface area contributed by atoms with Crippen molar-refractivity contribution >= 4 is 23.5 Å². The van der Waals surface area contributed by atoms with Gasteiger partial charge in [-0.1, -0.05) is 42.8 Å². The second kappa shape index (κ2) is 7.61. The van der Waals surface area contributed by atoms with Crippen molar-refractivity contribution in [3.63, 3.8) is 0 Å². The van der Waals surface area contributed by atoms with Crippen molar-refractivity contribution in [2.45, 2.75) is 26.5 Å². The third-order valence-electron chi connectivity index (χ3n) is 2.91. The smallest absolute Gasteiger partial charge is 0.224 e. The van der Waals surface area contributed by atoms with Crippen LogP contribution in [0.5, 0.6) is 5.88 Å². The van der Waals surface area contributed by atoms with Gasteiger partial charge in [0.15, 0.2) is 0 Å². The summed E-state index contributed by atoms with van der Waals surface area (Å²) in [5.41, 5.74) is 7.50. The third kappa shape index (κ3) is 4.89. The first kappa shape index (κ1) is 16.0. The van der Waals surface area contributed by atoms with Crippen LogP contribution in [0.15, 0.2) is 30.3 Å². The minimum absolute atomic E-state index is 0.0330. The van der Waals surface area contributed by atoms with Crippen molar-refractivity contribution in [2.75, 3.05) is 5.73 Å². The predicted octanol–water partition coefficient (Wildman–Crippen LogP) is 2.32. The molecule has 6 nitrogen and oxygen atoms in total. The fourth-order valence-electron chi connectivity index (χ4n) is 1.72. The van der Waals surface area contributed by atoms with E-state index in [2.05, 4.69) is 15.3 Å². The zero-order valence-corrected chi connectivity index (χ0v) is 12.9. The Kier molecular flexibility index (Phi) is 5.55. The molecule has 0 saturated carbocycles. The molecular weight excluding hydrogens is 304 g/mol. The standard InChI is InChI=1S/C15H17ClN4O2/c1-2-13(21)18-8-10-3-5-11(6-4-10)9-22-14-7-12(16)19-15(17)20-14/h3-7H,2,8-9H2,1H3,(H,18,21)(H2,17,19,20). The van der Waals surface area contributed by atoms with Crippen molar-refractivity contribution in [1.82, 2.24) is 15.3 Å². The molecule has 0 spiro atoms. The fourth-order valence-corrected chi connectivity index (χ4v) is 1.90. The fraction of sp³-hybridized carbons (Fsp3) is 0.267. The second-order valence-electron chi connectivity index (χ2n) is 4.62. The van der Waals surface area contributed by atoms with Crippen LogP contribution in [0.3, 0.4) is 0 Å². The quantitative estimate of drug-likeness (QED) is 0.797. The molecule has 1 amide bonds. The van der Waals surface area contributed by atoms with E-state index in [1.165, 1.54) is 6.07 Å². The van der Waals surface area contributed by atoms with Gasteiger partial charge in [-0.2, -0.15) is 4.98 Å². The highest BCUT2D eigenvalue weighted by Gasteiger charge is 2.03. The number of amides is 1. The molecule has 0 saturated heterocycles. The summed E-state index contributed by atoms with van der Waals surface area (Å²) in [6.07, 6.45) is 0.483. The summed E-state index contributed by atoms with van der Waals surface area (Å²) in [5, 5.41) is 3.06. The SMILES string of the molecule is CCC(=O)NCc1ccc(COc2cc(Cl)nc(N)n2)cc1. The summed E-state index contributed by atoms with van der Waals surface area (Å²) in [4.78, 5) is 18.9. The summed E-state index contributed by atoms with van der Waals surface area (Å²) in [7, 11) is 0. The number of nitrogens with two attached hydrogens (primary N) is 1. The van der Waals surface area contributed by atoms with Crippen LogP contribution in [0.1, 0.15) is 24.5 Å². The molecule has 1 aromatic carbocycles. The van der Waals surface area contributed by atoms with E-state index in [0.717, 1.165) is 11.1 Å². The van der Waals surface area contributed by atoms with Gasteiger partial charge < -0.3 is 15.8 Å². The maximum absolute atomic E-state index is 11.2. The van der Waals surface area contributed by atoms with E-state index < -0.39 is 0 Å². The number of aromatic nitrogens is 2. The highest BCUT2D eigenvalue weighted by Crippen LogP contribution is 2.16. The van der Waals surface area contributed by atoms with Crippen LogP contribution in [0, 0.1) is 0 Å². The molecule has 1 aromatic heterocycles. The molecule has 0 unspecified atom stereocenters. The maximum Gasteiger partial charge on any atom is 0.224 e. The number of nitrogens with one attached hydrogen (secondary N) is 1. The molecule has 7 heteroatoms. The third-order valence-corrected chi connectivity index (χ3v) is 3.10. The Labute approximate surface area is 133 Å². The molecule has 0 aliphatic heterocycles. The molecule has 0 aliphatic rings. The van der Waals surface area contributed by atoms with Crippen LogP contribution in [0.4, 0.5) is 5.95 Å². The van der Waals surface area contributed by atoms with Crippen LogP contribution < -0.4 is 15.8 Å². The minimum Gasteiger partial charge on any atom is -0.473 e. The van der Waals surface area contributed by atoms with Gasteiger partial charge in [-0.25, -0.2) is 4.98 Å². The summed E-state index contributed by atoms with van der Waals surface area (Å²) in [6.45, 7) is 2.68. The van der Waals surface area contributed by atoms with E-state index in [0.29, 0.717) is 25.5 Å². The highest BCUT2D eigenvalue weighted by molar-refractivity contribution is 6.29. The molecule has 0 radical (unpaired) electrons. The molecule has 2 rings (SSSR count). The normalized spacial score (nSPS) is 10.3. The van der Waals surface area contributed by atoms with E-state index in [1.54, 1.807) is 0 Å². The molecule has 22 heavy (non-hydrogen) atoms. The summed E-state index contributed by atoms with van der Waals surface area (Å²) < 4.78 is 5.52. The van der Waals surface area contributed by atoms with E-state index in [1.807, 2.05) is 31.2 Å². The first-order valence-corrected chi connectivity index (χ1v) is 7.22. The van der Waals surface area contributed by atoms with Gasteiger partial charge in [0, 0.05) is 19.0 Å². The molecule has 0 bridgehead atoms. The van der Waals surface area contributed by atoms with Gasteiger partial charge in [-0.3, -0.25) is 4.79 Å². The predicted molar refractivity (Wildman–Crippen MR) is 84.4 cm³/mol. The molecule has 1 heterocycles. The highest BCUT2D eigenvalue weighted by atomic mass is 35.5. The minimum atomic E-state index is 0.0330. The van der Waals surface area contributed by atoms with E-state index in [-0.39, 0.29) is 17.0 Å². The van der Waals surface area contributed by atoms with Crippen LogP contribution in [-0.2, 0) is 17.9 Å². The first-order valence-electron chi connectivity index (χ1n) is 6.84. The lowest BCUT2D eigenvalue weighted by atomic mass is 10.1. The molecular formula is C15H17ClN4O2. The number of nitrogens with zero attached hydrogens (tertiary/aromatic N) is 2. The number of rotatable bonds is 6. The van der Waals surface area contributed by atoms with Crippen molar-refractivity contribution in [3.8, 4) is 5.88 Å². The number of carbonyl (C=O) groups is 1. The van der Waals surface area contributed by atoms with Crippen LogP contribution >= 0.6 is 11.6 Å². The molecule has 2 aromatic rings. The Hall–Kier alpha value is -2.34. The van der Waals surface area contributed by atoms with Crippen LogP contribution in [-0.4, -0.2) is 15.9 Å². The lowest BCUT2D eigenvalue weighted by Gasteiger charge is -2.08. The van der Waals surface area contributed by atoms with Gasteiger partial charge in [-0.15, -0.1) is 0 Å². The lowest BCUT2D eigenvalue weighted by Crippen LogP contribution is -2.21. The van der Waals surface area contributed by atoms with E-state index in [4.69, 9.17) is 22.1 Å². The average molecular weight is 321 g/mol. The lowest BCUT2D eigenvalue weighted by molar-refractivity contribution is -0.120. The number of benzene rings is 1. The summed E-state index contributed by atoms with van der Waals surface area (Å²) >= 11 is 5.78. The Bertz CT molecular complexity index is 626. The van der Waals surface area contributed by atoms with Gasteiger partial charge in [0.05, 0.1) is 0 Å². The van der Waals surface area contributed by atoms with E-state index >= 15 is 0 Å². The number of nitrogen functional groups attached to an aromatic ring is 1. The Morgan fingerprint density at radius 1 is 1.27 bits per heavy atom. The van der Waals surface area contributed by atoms with Crippen molar-refractivity contribution < 1.29 is 9.53 Å². The number of carbonyl (C=O) groups excluding carboxylic acids is 1. The van der Waals surface area contributed by atoms with E-state index in [9.17, 15) is 4.79 Å². The molecule has 116 valence electrons. The second-order valence-corrected chi connectivity index (χ2v) is 5.01. The van der Waals surface area contributed by atoms with Gasteiger partial charge in [-0.05, 0) is 11.1 Å². The number of halogens is 1.